The van der Waals surface area contributed by atoms with Gasteiger partial charge in [-0.25, -0.2) is 0 Å². The molecule has 0 aliphatic rings. The molecule has 0 bridgehead atoms. The topological polar surface area (TPSA) is 73.3 Å². The van der Waals surface area contributed by atoms with Gasteiger partial charge in [-0.2, -0.15) is 8.78 Å². The zero-order valence-electron chi connectivity index (χ0n) is 13.5. The van der Waals surface area contributed by atoms with Crippen molar-refractivity contribution in [3.05, 3.63) is 53.5 Å². The molecular formula is C17H13F2N3O3S. The van der Waals surface area contributed by atoms with E-state index >= 15 is 0 Å². The van der Waals surface area contributed by atoms with Crippen LogP contribution in [0.15, 0.2) is 47.8 Å². The molecule has 9 heteroatoms. The Morgan fingerprint density at radius 1 is 1.19 bits per heavy atom. The van der Waals surface area contributed by atoms with Crippen LogP contribution in [0.5, 0.6) is 11.5 Å². The number of rotatable bonds is 6. The molecule has 134 valence electrons. The van der Waals surface area contributed by atoms with E-state index in [9.17, 15) is 13.6 Å². The van der Waals surface area contributed by atoms with Gasteiger partial charge in [0.25, 0.3) is 5.91 Å². The fraction of sp³-hybridized carbons (Fsp3) is 0.118. The van der Waals surface area contributed by atoms with E-state index in [4.69, 9.17) is 4.74 Å². The van der Waals surface area contributed by atoms with Crippen molar-refractivity contribution < 1.29 is 23.0 Å². The summed E-state index contributed by atoms with van der Waals surface area (Å²) in [6.45, 7) is -2.96. The minimum Gasteiger partial charge on any atom is -0.497 e. The largest absolute Gasteiger partial charge is 0.497 e. The van der Waals surface area contributed by atoms with Crippen LogP contribution < -0.4 is 14.8 Å². The van der Waals surface area contributed by atoms with E-state index in [1.807, 2.05) is 0 Å². The Bertz CT molecular complexity index is 887. The number of methoxy groups -OCH3 is 1. The van der Waals surface area contributed by atoms with Gasteiger partial charge in [0.2, 0.25) is 0 Å². The third-order valence-electron chi connectivity index (χ3n) is 3.45. The van der Waals surface area contributed by atoms with Crippen molar-refractivity contribution in [3.63, 3.8) is 0 Å². The van der Waals surface area contributed by atoms with Crippen LogP contribution in [0.4, 0.5) is 14.5 Å². The second kappa shape index (κ2) is 7.87. The number of ether oxygens (including phenoxy) is 2. The highest BCUT2D eigenvalue weighted by Gasteiger charge is 2.15. The molecule has 0 atom stereocenters. The second-order valence-corrected chi connectivity index (χ2v) is 5.67. The lowest BCUT2D eigenvalue weighted by molar-refractivity contribution is -0.0494. The van der Waals surface area contributed by atoms with Crippen molar-refractivity contribution in [1.82, 2.24) is 9.59 Å². The number of alkyl halides is 2. The summed E-state index contributed by atoms with van der Waals surface area (Å²) in [4.78, 5) is 12.1. The van der Waals surface area contributed by atoms with Gasteiger partial charge in [-0.1, -0.05) is 16.6 Å². The number of carbonyl (C=O) groups is 1. The molecule has 1 heterocycles. The van der Waals surface area contributed by atoms with Crippen molar-refractivity contribution in [3.8, 4) is 22.6 Å². The highest BCUT2D eigenvalue weighted by molar-refractivity contribution is 7.03. The fourth-order valence-corrected chi connectivity index (χ4v) is 2.70. The maximum absolute atomic E-state index is 12.7. The van der Waals surface area contributed by atoms with Gasteiger partial charge in [-0.05, 0) is 47.4 Å². The number of benzene rings is 2. The molecule has 2 aromatic carbocycles. The highest BCUT2D eigenvalue weighted by Crippen LogP contribution is 2.34. The molecule has 1 aromatic heterocycles. The summed E-state index contributed by atoms with van der Waals surface area (Å²) in [5.74, 6) is 0.186. The van der Waals surface area contributed by atoms with Crippen LogP contribution in [0.1, 0.15) is 10.5 Å². The van der Waals surface area contributed by atoms with Crippen molar-refractivity contribution >= 4 is 23.1 Å². The lowest BCUT2D eigenvalue weighted by Gasteiger charge is -2.13. The van der Waals surface area contributed by atoms with Crippen molar-refractivity contribution in [2.24, 2.45) is 0 Å². The summed E-state index contributed by atoms with van der Waals surface area (Å²) in [7, 11) is 1.53. The van der Waals surface area contributed by atoms with E-state index in [-0.39, 0.29) is 11.4 Å². The molecule has 6 nitrogen and oxygen atoms in total. The molecule has 0 radical (unpaired) electrons. The molecular weight excluding hydrogens is 364 g/mol. The van der Waals surface area contributed by atoms with Gasteiger partial charge in [0.05, 0.1) is 7.11 Å². The number of nitrogens with zero attached hydrogens (tertiary/aromatic N) is 2. The first kappa shape index (κ1) is 17.7. The summed E-state index contributed by atoms with van der Waals surface area (Å²) in [6, 6.07) is 11.2. The van der Waals surface area contributed by atoms with Crippen LogP contribution in [0.3, 0.4) is 0 Å². The van der Waals surface area contributed by atoms with Crippen LogP contribution >= 0.6 is 11.5 Å². The monoisotopic (exact) mass is 377 g/mol. The molecule has 3 aromatic rings. The average molecular weight is 377 g/mol. The van der Waals surface area contributed by atoms with Gasteiger partial charge < -0.3 is 14.8 Å². The van der Waals surface area contributed by atoms with Gasteiger partial charge >= 0.3 is 6.61 Å². The minimum absolute atomic E-state index is 0.00140. The quantitative estimate of drug-likeness (QED) is 0.701. The van der Waals surface area contributed by atoms with Crippen molar-refractivity contribution in [2.45, 2.75) is 6.61 Å². The summed E-state index contributed by atoms with van der Waals surface area (Å²) >= 11 is 1.05. The molecule has 0 saturated heterocycles. The zero-order valence-corrected chi connectivity index (χ0v) is 14.3. The van der Waals surface area contributed by atoms with Crippen LogP contribution in [0.2, 0.25) is 0 Å². The van der Waals surface area contributed by atoms with Gasteiger partial charge in [-0.15, -0.1) is 5.10 Å². The number of hydrogen-bond donors (Lipinski definition) is 1. The molecule has 1 N–H and O–H groups in total. The first-order valence-corrected chi connectivity index (χ1v) is 8.22. The third kappa shape index (κ3) is 4.12. The van der Waals surface area contributed by atoms with Crippen LogP contribution in [-0.2, 0) is 0 Å². The van der Waals surface area contributed by atoms with Crippen LogP contribution in [0, 0.1) is 0 Å². The number of hydrogen-bond acceptors (Lipinski definition) is 6. The molecule has 0 saturated carbocycles. The standard InChI is InChI=1S/C17H13F2N3O3S/c1-24-12-5-2-10(3-6-12)13-8-11(4-7-15(13)25-17(18)19)20-16(23)14-9-26-22-21-14/h2-9,17H,1H3,(H,20,23). The van der Waals surface area contributed by atoms with Crippen molar-refractivity contribution in [2.75, 3.05) is 12.4 Å². The number of nitrogens with one attached hydrogen (secondary N) is 1. The lowest BCUT2D eigenvalue weighted by atomic mass is 10.0. The molecule has 26 heavy (non-hydrogen) atoms. The van der Waals surface area contributed by atoms with E-state index in [1.165, 1.54) is 24.6 Å². The summed E-state index contributed by atoms with van der Waals surface area (Å²) in [5, 5.41) is 7.85. The second-order valence-electron chi connectivity index (χ2n) is 5.06. The van der Waals surface area contributed by atoms with E-state index in [0.717, 1.165) is 11.5 Å². The predicted octanol–water partition coefficient (Wildman–Crippen LogP) is 4.07. The molecule has 0 spiro atoms. The third-order valence-corrected chi connectivity index (χ3v) is 3.95. The first-order chi connectivity index (χ1) is 12.6. The van der Waals surface area contributed by atoms with E-state index in [2.05, 4.69) is 19.6 Å². The Balaban J connectivity index is 1.94. The van der Waals surface area contributed by atoms with E-state index < -0.39 is 12.5 Å². The predicted molar refractivity (Wildman–Crippen MR) is 92.9 cm³/mol. The average Bonchev–Trinajstić information content (AvgIpc) is 3.17. The number of anilines is 1. The first-order valence-electron chi connectivity index (χ1n) is 7.38. The minimum atomic E-state index is -2.96. The molecule has 1 amide bonds. The highest BCUT2D eigenvalue weighted by atomic mass is 32.1. The Kier molecular flexibility index (Phi) is 5.37. The Labute approximate surface area is 151 Å². The summed E-state index contributed by atoms with van der Waals surface area (Å²) in [5.41, 5.74) is 1.62. The van der Waals surface area contributed by atoms with Crippen LogP contribution in [-0.4, -0.2) is 29.2 Å². The number of halogens is 2. The Morgan fingerprint density at radius 3 is 2.58 bits per heavy atom. The SMILES string of the molecule is COc1ccc(-c2cc(NC(=O)c3csnn3)ccc2OC(F)F)cc1. The molecule has 0 unspecified atom stereocenters. The maximum Gasteiger partial charge on any atom is 0.387 e. The molecule has 0 aliphatic carbocycles. The van der Waals surface area contributed by atoms with Gasteiger partial charge in [0.1, 0.15) is 11.5 Å². The summed E-state index contributed by atoms with van der Waals surface area (Å²) in [6.07, 6.45) is 0. The number of amides is 1. The lowest BCUT2D eigenvalue weighted by Crippen LogP contribution is -2.12. The Morgan fingerprint density at radius 2 is 1.96 bits per heavy atom. The van der Waals surface area contributed by atoms with E-state index in [1.54, 1.807) is 30.3 Å². The fourth-order valence-electron chi connectivity index (χ4n) is 2.26. The van der Waals surface area contributed by atoms with Crippen molar-refractivity contribution in [1.29, 1.82) is 0 Å². The smallest absolute Gasteiger partial charge is 0.387 e. The maximum atomic E-state index is 12.7. The number of carbonyl (C=O) groups excluding carboxylic acids is 1. The molecule has 0 aliphatic heterocycles. The Hall–Kier alpha value is -3.07. The normalized spacial score (nSPS) is 10.6. The van der Waals surface area contributed by atoms with E-state index in [0.29, 0.717) is 22.6 Å². The van der Waals surface area contributed by atoms with Gasteiger partial charge in [0.15, 0.2) is 5.69 Å². The number of aromatic nitrogens is 2. The molecule has 3 rings (SSSR count). The van der Waals surface area contributed by atoms with Gasteiger partial charge in [-0.3, -0.25) is 4.79 Å². The zero-order chi connectivity index (χ0) is 18.5. The van der Waals surface area contributed by atoms with Crippen LogP contribution in [0.25, 0.3) is 11.1 Å². The molecule has 0 fully saturated rings. The van der Waals surface area contributed by atoms with Gasteiger partial charge in [0, 0.05) is 16.6 Å². The summed E-state index contributed by atoms with van der Waals surface area (Å²) < 4.78 is 38.7.